The van der Waals surface area contributed by atoms with E-state index < -0.39 is 0 Å². The first kappa shape index (κ1) is 17.3. The van der Waals surface area contributed by atoms with Gasteiger partial charge in [0.2, 0.25) is 5.16 Å². The summed E-state index contributed by atoms with van der Waals surface area (Å²) in [6.45, 7) is 3.93. The number of benzene rings is 1. The van der Waals surface area contributed by atoms with E-state index in [1.165, 1.54) is 0 Å². The molecule has 0 amide bonds. The van der Waals surface area contributed by atoms with Crippen molar-refractivity contribution in [3.05, 3.63) is 27.7 Å². The Morgan fingerprint density at radius 3 is 2.64 bits per heavy atom. The van der Waals surface area contributed by atoms with Crippen LogP contribution in [-0.2, 0) is 13.6 Å². The van der Waals surface area contributed by atoms with E-state index in [2.05, 4.69) is 20.8 Å². The van der Waals surface area contributed by atoms with E-state index in [1.54, 1.807) is 16.4 Å². The van der Waals surface area contributed by atoms with Gasteiger partial charge in [-0.15, -0.1) is 5.10 Å². The van der Waals surface area contributed by atoms with Gasteiger partial charge in [-0.1, -0.05) is 35.0 Å². The number of nitrogens with zero attached hydrogens (tertiary/aromatic N) is 4. The Morgan fingerprint density at radius 1 is 1.32 bits per heavy atom. The van der Waals surface area contributed by atoms with E-state index in [1.807, 2.05) is 26.1 Å². The second kappa shape index (κ2) is 8.57. The maximum Gasteiger partial charge on any atom is 0.209 e. The van der Waals surface area contributed by atoms with Gasteiger partial charge in [0.05, 0.1) is 16.7 Å². The van der Waals surface area contributed by atoms with Crippen molar-refractivity contribution in [1.29, 1.82) is 0 Å². The molecule has 1 aromatic carbocycles. The van der Waals surface area contributed by atoms with Crippen LogP contribution in [0.5, 0.6) is 5.75 Å². The molecule has 0 aliphatic rings. The zero-order chi connectivity index (χ0) is 15.9. The molecule has 0 saturated carbocycles. The molecule has 2 aromatic rings. The van der Waals surface area contributed by atoms with Gasteiger partial charge in [-0.25, -0.2) is 4.68 Å². The van der Waals surface area contributed by atoms with Gasteiger partial charge in [0.1, 0.15) is 0 Å². The van der Waals surface area contributed by atoms with Crippen LogP contribution >= 0.6 is 35.0 Å². The molecule has 9 heteroatoms. The summed E-state index contributed by atoms with van der Waals surface area (Å²) >= 11 is 13.9. The van der Waals surface area contributed by atoms with Crippen LogP contribution in [0.15, 0.2) is 17.3 Å². The highest BCUT2D eigenvalue weighted by atomic mass is 35.5. The van der Waals surface area contributed by atoms with Crippen molar-refractivity contribution in [3.63, 3.8) is 0 Å². The first-order valence-electron chi connectivity index (χ1n) is 6.78. The van der Waals surface area contributed by atoms with Crippen molar-refractivity contribution in [2.75, 3.05) is 18.9 Å². The van der Waals surface area contributed by atoms with Gasteiger partial charge < -0.3 is 10.1 Å². The van der Waals surface area contributed by atoms with Gasteiger partial charge in [0, 0.05) is 25.9 Å². The van der Waals surface area contributed by atoms with E-state index in [4.69, 9.17) is 27.9 Å². The van der Waals surface area contributed by atoms with Crippen LogP contribution in [-0.4, -0.2) is 39.1 Å². The van der Waals surface area contributed by atoms with Crippen molar-refractivity contribution < 1.29 is 4.74 Å². The molecule has 0 fully saturated rings. The molecule has 0 saturated heterocycles. The fourth-order valence-electron chi connectivity index (χ4n) is 1.79. The molecule has 0 spiro atoms. The minimum absolute atomic E-state index is 0.533. The SMILES string of the molecule is CCOc1c(Cl)cc(CNCCSc2nnnn2C)cc1Cl. The van der Waals surface area contributed by atoms with Gasteiger partial charge in [-0.05, 0) is 35.0 Å². The van der Waals surface area contributed by atoms with Crippen LogP contribution < -0.4 is 10.1 Å². The molecular formula is C13H17Cl2N5OS. The fourth-order valence-corrected chi connectivity index (χ4v) is 3.18. The lowest BCUT2D eigenvalue weighted by atomic mass is 10.2. The standard InChI is InChI=1S/C13H17Cl2N5OS/c1-3-21-12-10(14)6-9(7-11(12)15)8-16-4-5-22-13-17-18-19-20(13)2/h6-7,16H,3-5,8H2,1-2H3. The summed E-state index contributed by atoms with van der Waals surface area (Å²) in [6, 6.07) is 3.73. The van der Waals surface area contributed by atoms with Crippen LogP contribution in [0.1, 0.15) is 12.5 Å². The number of ether oxygens (including phenoxy) is 1. The van der Waals surface area contributed by atoms with Crippen LogP contribution in [0, 0.1) is 0 Å². The molecule has 2 rings (SSSR count). The molecule has 22 heavy (non-hydrogen) atoms. The molecule has 0 atom stereocenters. The Labute approximate surface area is 143 Å². The average molecular weight is 362 g/mol. The molecule has 1 heterocycles. The highest BCUT2D eigenvalue weighted by Gasteiger charge is 2.09. The molecule has 1 N–H and O–H groups in total. The fraction of sp³-hybridized carbons (Fsp3) is 0.462. The summed E-state index contributed by atoms with van der Waals surface area (Å²) in [6.07, 6.45) is 0. The van der Waals surface area contributed by atoms with E-state index in [-0.39, 0.29) is 0 Å². The number of aromatic nitrogens is 4. The second-order valence-corrected chi connectivity index (χ2v) is 6.31. The number of thioether (sulfide) groups is 1. The van der Waals surface area contributed by atoms with Crippen molar-refractivity contribution in [3.8, 4) is 5.75 Å². The predicted octanol–water partition coefficient (Wildman–Crippen LogP) is 2.80. The number of aryl methyl sites for hydroxylation is 1. The quantitative estimate of drug-likeness (QED) is 0.576. The average Bonchev–Trinajstić information content (AvgIpc) is 2.88. The Hall–Kier alpha value is -1.02. The molecular weight excluding hydrogens is 345 g/mol. The highest BCUT2D eigenvalue weighted by Crippen LogP contribution is 2.34. The monoisotopic (exact) mass is 361 g/mol. The van der Waals surface area contributed by atoms with Crippen LogP contribution in [0.3, 0.4) is 0 Å². The predicted molar refractivity (Wildman–Crippen MR) is 88.9 cm³/mol. The molecule has 0 aliphatic heterocycles. The third-order valence-corrected chi connectivity index (χ3v) is 4.34. The number of rotatable bonds is 8. The zero-order valence-corrected chi connectivity index (χ0v) is 14.7. The normalized spacial score (nSPS) is 10.9. The summed E-state index contributed by atoms with van der Waals surface area (Å²) in [4.78, 5) is 0. The Balaban J connectivity index is 1.78. The largest absolute Gasteiger partial charge is 0.491 e. The molecule has 6 nitrogen and oxygen atoms in total. The maximum atomic E-state index is 6.17. The van der Waals surface area contributed by atoms with E-state index in [0.717, 1.165) is 23.0 Å². The van der Waals surface area contributed by atoms with Gasteiger partial charge in [-0.3, -0.25) is 0 Å². The van der Waals surface area contributed by atoms with Crippen molar-refractivity contribution in [1.82, 2.24) is 25.5 Å². The molecule has 0 aliphatic carbocycles. The van der Waals surface area contributed by atoms with E-state index >= 15 is 0 Å². The first-order chi connectivity index (χ1) is 10.6. The van der Waals surface area contributed by atoms with Crippen molar-refractivity contribution in [2.45, 2.75) is 18.6 Å². The Kier molecular flexibility index (Phi) is 6.75. The minimum atomic E-state index is 0.533. The van der Waals surface area contributed by atoms with Gasteiger partial charge in [0.15, 0.2) is 5.75 Å². The second-order valence-electron chi connectivity index (χ2n) is 4.43. The number of halogens is 2. The summed E-state index contributed by atoms with van der Waals surface area (Å²) in [5.41, 5.74) is 1.02. The lowest BCUT2D eigenvalue weighted by Gasteiger charge is -2.11. The summed E-state index contributed by atoms with van der Waals surface area (Å²) in [5.74, 6) is 1.41. The number of tetrazole rings is 1. The van der Waals surface area contributed by atoms with E-state index in [0.29, 0.717) is 28.9 Å². The van der Waals surface area contributed by atoms with Crippen molar-refractivity contribution in [2.24, 2.45) is 7.05 Å². The lowest BCUT2D eigenvalue weighted by molar-refractivity contribution is 0.340. The number of hydrogen-bond donors (Lipinski definition) is 1. The molecule has 0 radical (unpaired) electrons. The van der Waals surface area contributed by atoms with Crippen LogP contribution in [0.4, 0.5) is 0 Å². The van der Waals surface area contributed by atoms with Gasteiger partial charge >= 0.3 is 0 Å². The third kappa shape index (κ3) is 4.74. The molecule has 0 unspecified atom stereocenters. The van der Waals surface area contributed by atoms with Crippen LogP contribution in [0.25, 0.3) is 0 Å². The third-order valence-electron chi connectivity index (χ3n) is 2.77. The van der Waals surface area contributed by atoms with E-state index in [9.17, 15) is 0 Å². The lowest BCUT2D eigenvalue weighted by Crippen LogP contribution is -2.16. The number of nitrogens with one attached hydrogen (secondary N) is 1. The summed E-state index contributed by atoms with van der Waals surface area (Å²) < 4.78 is 7.06. The topological polar surface area (TPSA) is 64.9 Å². The van der Waals surface area contributed by atoms with Crippen LogP contribution in [0.2, 0.25) is 10.0 Å². The Bertz CT molecular complexity index is 599. The first-order valence-corrected chi connectivity index (χ1v) is 8.52. The zero-order valence-electron chi connectivity index (χ0n) is 12.3. The van der Waals surface area contributed by atoms with Gasteiger partial charge in [0.25, 0.3) is 0 Å². The van der Waals surface area contributed by atoms with Crippen molar-refractivity contribution >= 4 is 35.0 Å². The molecule has 0 bridgehead atoms. The number of hydrogen-bond acceptors (Lipinski definition) is 6. The minimum Gasteiger partial charge on any atom is -0.491 e. The van der Waals surface area contributed by atoms with Gasteiger partial charge in [-0.2, -0.15) is 0 Å². The maximum absolute atomic E-state index is 6.17. The smallest absolute Gasteiger partial charge is 0.209 e. The summed E-state index contributed by atoms with van der Waals surface area (Å²) in [5, 5.41) is 16.5. The molecule has 120 valence electrons. The highest BCUT2D eigenvalue weighted by molar-refractivity contribution is 7.99. The summed E-state index contributed by atoms with van der Waals surface area (Å²) in [7, 11) is 1.82. The molecule has 1 aromatic heterocycles. The Morgan fingerprint density at radius 2 is 2.05 bits per heavy atom.